The maximum absolute atomic E-state index is 12.6. The molecule has 0 radical (unpaired) electrons. The van der Waals surface area contributed by atoms with E-state index in [0.29, 0.717) is 25.5 Å². The highest BCUT2D eigenvalue weighted by molar-refractivity contribution is 7.89. The topological polar surface area (TPSA) is 80.4 Å². The molecule has 116 valence electrons. The Morgan fingerprint density at radius 3 is 2.90 bits per heavy atom. The molecule has 1 saturated heterocycles. The zero-order valence-corrected chi connectivity index (χ0v) is 13.1. The Balaban J connectivity index is 0.00000161. The second-order valence-corrected chi connectivity index (χ2v) is 6.49. The van der Waals surface area contributed by atoms with Crippen LogP contribution in [-0.2, 0) is 17.1 Å². The predicted molar refractivity (Wildman–Crippen MR) is 78.7 cm³/mol. The highest BCUT2D eigenvalue weighted by Crippen LogP contribution is 2.27. The molecule has 0 spiro atoms. The molecule has 2 aromatic rings. The van der Waals surface area contributed by atoms with Gasteiger partial charge in [0, 0.05) is 39.1 Å². The first-order valence-electron chi connectivity index (χ1n) is 6.34. The third-order valence-corrected chi connectivity index (χ3v) is 5.20. The van der Waals surface area contributed by atoms with Crippen LogP contribution in [0.15, 0.2) is 40.3 Å². The second-order valence-electron chi connectivity index (χ2n) is 4.66. The molecule has 0 aromatic carbocycles. The maximum atomic E-state index is 12.6. The van der Waals surface area contributed by atoms with Gasteiger partial charge >= 0.3 is 0 Å². The summed E-state index contributed by atoms with van der Waals surface area (Å²) in [7, 11) is -1.78. The van der Waals surface area contributed by atoms with Crippen molar-refractivity contribution in [3.63, 3.8) is 0 Å². The molecule has 1 unspecified atom stereocenters. The van der Waals surface area contributed by atoms with Crippen LogP contribution in [0.4, 0.5) is 0 Å². The van der Waals surface area contributed by atoms with Crippen LogP contribution in [0.2, 0.25) is 0 Å². The molecule has 0 aliphatic carbocycles. The van der Waals surface area contributed by atoms with Crippen molar-refractivity contribution in [1.82, 2.24) is 19.2 Å². The summed E-state index contributed by atoms with van der Waals surface area (Å²) >= 11 is 0. The molecule has 3 rings (SSSR count). The molecule has 2 aromatic heterocycles. The highest BCUT2D eigenvalue weighted by atomic mass is 35.5. The first-order valence-corrected chi connectivity index (χ1v) is 7.78. The normalized spacial score (nSPS) is 20.1. The zero-order chi connectivity index (χ0) is 14.2. The van der Waals surface area contributed by atoms with E-state index in [4.69, 9.17) is 4.42 Å². The molecule has 0 saturated carbocycles. The number of aromatic nitrogens is 2. The van der Waals surface area contributed by atoms with Crippen LogP contribution in [-0.4, -0.2) is 41.9 Å². The lowest BCUT2D eigenvalue weighted by Crippen LogP contribution is -2.49. The zero-order valence-electron chi connectivity index (χ0n) is 11.5. The summed E-state index contributed by atoms with van der Waals surface area (Å²) in [6.07, 6.45) is 4.84. The van der Waals surface area contributed by atoms with Gasteiger partial charge in [0.25, 0.3) is 10.0 Å². The van der Waals surface area contributed by atoms with Gasteiger partial charge in [0.05, 0.1) is 12.3 Å². The average molecular weight is 333 g/mol. The summed E-state index contributed by atoms with van der Waals surface area (Å²) < 4.78 is 33.6. The van der Waals surface area contributed by atoms with E-state index in [-0.39, 0.29) is 23.5 Å². The number of nitrogens with zero attached hydrogens (tertiary/aromatic N) is 3. The largest absolute Gasteiger partial charge is 0.452 e. The Morgan fingerprint density at radius 2 is 2.29 bits per heavy atom. The third kappa shape index (κ3) is 2.84. The number of piperazine rings is 1. The van der Waals surface area contributed by atoms with Crippen LogP contribution in [0.3, 0.4) is 0 Å². The van der Waals surface area contributed by atoms with Gasteiger partial charge in [-0.2, -0.15) is 4.31 Å². The van der Waals surface area contributed by atoms with E-state index < -0.39 is 10.0 Å². The van der Waals surface area contributed by atoms with Gasteiger partial charge in [0.15, 0.2) is 0 Å². The van der Waals surface area contributed by atoms with Gasteiger partial charge in [-0.3, -0.25) is 0 Å². The molecule has 3 heterocycles. The predicted octanol–water partition coefficient (Wildman–Crippen LogP) is 0.770. The van der Waals surface area contributed by atoms with Crippen molar-refractivity contribution in [2.24, 2.45) is 7.05 Å². The average Bonchev–Trinajstić information content (AvgIpc) is 3.10. The van der Waals surface area contributed by atoms with Crippen LogP contribution < -0.4 is 5.32 Å². The summed E-state index contributed by atoms with van der Waals surface area (Å²) in [5, 5.41) is 3.18. The summed E-state index contributed by atoms with van der Waals surface area (Å²) in [6.45, 7) is 1.53. The molecule has 1 aliphatic rings. The van der Waals surface area contributed by atoms with E-state index in [1.807, 2.05) is 17.8 Å². The Kier molecular flexibility index (Phi) is 4.72. The smallest absolute Gasteiger partial charge is 0.277 e. The fraction of sp³-hybridized carbons (Fsp3) is 0.417. The first-order chi connectivity index (χ1) is 9.60. The first kappa shape index (κ1) is 16.0. The molecular weight excluding hydrogens is 316 g/mol. The molecular formula is C12H17ClN4O3S. The van der Waals surface area contributed by atoms with Gasteiger partial charge in [0.1, 0.15) is 5.82 Å². The Bertz CT molecular complexity index is 683. The van der Waals surface area contributed by atoms with Crippen LogP contribution in [0, 0.1) is 0 Å². The number of rotatable bonds is 3. The lowest BCUT2D eigenvalue weighted by Gasteiger charge is -2.33. The van der Waals surface area contributed by atoms with E-state index in [9.17, 15) is 8.42 Å². The summed E-state index contributed by atoms with van der Waals surface area (Å²) in [4.78, 5) is 4.27. The molecule has 21 heavy (non-hydrogen) atoms. The third-order valence-electron chi connectivity index (χ3n) is 3.41. The number of aryl methyl sites for hydroxylation is 1. The van der Waals surface area contributed by atoms with Crippen LogP contribution >= 0.6 is 12.4 Å². The SMILES string of the molecule is Cl.Cn1ccnc1C1CNCCN1S(=O)(=O)c1ccco1. The standard InChI is InChI=1S/C12H16N4O3S.ClH/c1-15-6-5-14-12(15)10-9-13-4-7-16(10)20(17,18)11-3-2-8-19-11;/h2-3,5-6,8,10,13H,4,7,9H2,1H3;1H. The number of hydrogen-bond donors (Lipinski definition) is 1. The summed E-state index contributed by atoms with van der Waals surface area (Å²) in [6, 6.07) is 2.70. The molecule has 9 heteroatoms. The highest BCUT2D eigenvalue weighted by Gasteiger charge is 2.37. The number of imidazole rings is 1. The van der Waals surface area contributed by atoms with Gasteiger partial charge in [-0.1, -0.05) is 0 Å². The lowest BCUT2D eigenvalue weighted by atomic mass is 10.2. The monoisotopic (exact) mass is 332 g/mol. The van der Waals surface area contributed by atoms with E-state index in [2.05, 4.69) is 10.3 Å². The molecule has 1 atom stereocenters. The van der Waals surface area contributed by atoms with E-state index in [1.165, 1.54) is 16.6 Å². The summed E-state index contributed by atoms with van der Waals surface area (Å²) in [5.74, 6) is 0.715. The van der Waals surface area contributed by atoms with E-state index >= 15 is 0 Å². The van der Waals surface area contributed by atoms with Gasteiger partial charge in [-0.15, -0.1) is 12.4 Å². The van der Waals surface area contributed by atoms with Crippen molar-refractivity contribution in [2.45, 2.75) is 11.1 Å². The number of nitrogens with one attached hydrogen (secondary N) is 1. The van der Waals surface area contributed by atoms with E-state index in [1.54, 1.807) is 12.3 Å². The van der Waals surface area contributed by atoms with Crippen LogP contribution in [0.25, 0.3) is 0 Å². The fourth-order valence-corrected chi connectivity index (χ4v) is 3.91. The van der Waals surface area contributed by atoms with E-state index in [0.717, 1.165) is 0 Å². The van der Waals surface area contributed by atoms with Crippen LogP contribution in [0.1, 0.15) is 11.9 Å². The van der Waals surface area contributed by atoms with Crippen molar-refractivity contribution >= 4 is 22.4 Å². The van der Waals surface area contributed by atoms with Gasteiger partial charge in [-0.05, 0) is 12.1 Å². The van der Waals surface area contributed by atoms with Crippen molar-refractivity contribution in [1.29, 1.82) is 0 Å². The molecule has 1 fully saturated rings. The lowest BCUT2D eigenvalue weighted by molar-refractivity contribution is 0.252. The van der Waals surface area contributed by atoms with Crippen molar-refractivity contribution in [3.8, 4) is 0 Å². The number of halogens is 1. The molecule has 0 bridgehead atoms. The molecule has 0 amide bonds. The number of furan rings is 1. The van der Waals surface area contributed by atoms with Crippen molar-refractivity contribution < 1.29 is 12.8 Å². The quantitative estimate of drug-likeness (QED) is 0.898. The van der Waals surface area contributed by atoms with Crippen molar-refractivity contribution in [2.75, 3.05) is 19.6 Å². The fourth-order valence-electron chi connectivity index (χ4n) is 2.42. The second kappa shape index (κ2) is 6.18. The van der Waals surface area contributed by atoms with Gasteiger partial charge < -0.3 is 14.3 Å². The Morgan fingerprint density at radius 1 is 1.48 bits per heavy atom. The maximum Gasteiger partial charge on any atom is 0.277 e. The Hall–Kier alpha value is -1.35. The van der Waals surface area contributed by atoms with Crippen molar-refractivity contribution in [3.05, 3.63) is 36.6 Å². The van der Waals surface area contributed by atoms with Gasteiger partial charge in [-0.25, -0.2) is 13.4 Å². The van der Waals surface area contributed by atoms with Crippen LogP contribution in [0.5, 0.6) is 0 Å². The number of hydrogen-bond acceptors (Lipinski definition) is 5. The van der Waals surface area contributed by atoms with Gasteiger partial charge in [0.2, 0.25) is 5.09 Å². The number of sulfonamides is 1. The molecule has 1 N–H and O–H groups in total. The molecule has 1 aliphatic heterocycles. The minimum Gasteiger partial charge on any atom is -0.452 e. The molecule has 7 nitrogen and oxygen atoms in total. The Labute approximate surface area is 129 Å². The minimum absolute atomic E-state index is 0. The summed E-state index contributed by atoms with van der Waals surface area (Å²) in [5.41, 5.74) is 0. The minimum atomic E-state index is -3.64.